The van der Waals surface area contributed by atoms with Crippen molar-refractivity contribution in [3.63, 3.8) is 0 Å². The molecular weight excluding hydrogens is 328 g/mol. The van der Waals surface area contributed by atoms with Gasteiger partial charge >= 0.3 is 12.1 Å². The summed E-state index contributed by atoms with van der Waals surface area (Å²) in [5.41, 5.74) is 0.834. The summed E-state index contributed by atoms with van der Waals surface area (Å²) in [6, 6.07) is 10.3. The van der Waals surface area contributed by atoms with Gasteiger partial charge in [-0.2, -0.15) is 0 Å². The van der Waals surface area contributed by atoms with E-state index in [-0.39, 0.29) is 24.3 Å². The Bertz CT molecular complexity index is 722. The standard InChI is InChI=1S/C17H18N2O6/c20-14(15(21)12-6-13(16(22)23)8-18-7-12)9-19-17(24)25-10-11-4-2-1-3-5-11/h1-8,14-15,20-21H,9-10H2,(H,19,24)(H,22,23). The summed E-state index contributed by atoms with van der Waals surface area (Å²) in [5.74, 6) is -1.20. The first kappa shape index (κ1) is 18.4. The number of amides is 1. The van der Waals surface area contributed by atoms with Crippen LogP contribution in [0, 0.1) is 0 Å². The zero-order chi connectivity index (χ0) is 18.2. The van der Waals surface area contributed by atoms with Crippen molar-refractivity contribution in [1.82, 2.24) is 10.3 Å². The van der Waals surface area contributed by atoms with Crippen LogP contribution in [0.1, 0.15) is 27.6 Å². The molecule has 25 heavy (non-hydrogen) atoms. The van der Waals surface area contributed by atoms with E-state index in [0.29, 0.717) is 0 Å². The van der Waals surface area contributed by atoms with Crippen molar-refractivity contribution in [2.45, 2.75) is 18.8 Å². The molecule has 1 aromatic carbocycles. The number of aromatic carboxylic acids is 1. The molecule has 1 heterocycles. The fourth-order valence-corrected chi connectivity index (χ4v) is 2.03. The summed E-state index contributed by atoms with van der Waals surface area (Å²) in [7, 11) is 0. The van der Waals surface area contributed by atoms with Crippen molar-refractivity contribution < 1.29 is 29.6 Å². The lowest BCUT2D eigenvalue weighted by Gasteiger charge is -2.18. The SMILES string of the molecule is O=C(NCC(O)C(O)c1cncc(C(=O)O)c1)OCc1ccccc1. The molecule has 0 aliphatic rings. The molecule has 0 spiro atoms. The number of hydrogen-bond acceptors (Lipinski definition) is 6. The van der Waals surface area contributed by atoms with Crippen molar-refractivity contribution >= 4 is 12.1 Å². The van der Waals surface area contributed by atoms with Crippen molar-refractivity contribution in [2.24, 2.45) is 0 Å². The number of pyridine rings is 1. The Morgan fingerprint density at radius 1 is 1.16 bits per heavy atom. The van der Waals surface area contributed by atoms with Gasteiger partial charge in [-0.3, -0.25) is 4.98 Å². The molecule has 8 nitrogen and oxygen atoms in total. The fraction of sp³-hybridized carbons (Fsp3) is 0.235. The highest BCUT2D eigenvalue weighted by molar-refractivity contribution is 5.87. The number of alkyl carbamates (subject to hydrolysis) is 1. The molecule has 132 valence electrons. The number of benzene rings is 1. The Morgan fingerprint density at radius 2 is 1.88 bits per heavy atom. The van der Waals surface area contributed by atoms with E-state index in [1.165, 1.54) is 12.3 Å². The lowest BCUT2D eigenvalue weighted by Crippen LogP contribution is -2.35. The van der Waals surface area contributed by atoms with E-state index in [1.54, 1.807) is 12.1 Å². The number of aliphatic hydroxyl groups is 2. The summed E-state index contributed by atoms with van der Waals surface area (Å²) < 4.78 is 4.98. The van der Waals surface area contributed by atoms with Crippen LogP contribution in [-0.4, -0.2) is 45.0 Å². The highest BCUT2D eigenvalue weighted by Crippen LogP contribution is 2.17. The predicted molar refractivity (Wildman–Crippen MR) is 86.8 cm³/mol. The number of carbonyl (C=O) groups is 2. The monoisotopic (exact) mass is 346 g/mol. The zero-order valence-electron chi connectivity index (χ0n) is 13.2. The summed E-state index contributed by atoms with van der Waals surface area (Å²) in [6.07, 6.45) is -1.12. The minimum Gasteiger partial charge on any atom is -0.478 e. The first-order chi connectivity index (χ1) is 12.0. The Morgan fingerprint density at radius 3 is 2.56 bits per heavy atom. The molecule has 0 aliphatic heterocycles. The number of carbonyl (C=O) groups excluding carboxylic acids is 1. The summed E-state index contributed by atoms with van der Waals surface area (Å²) >= 11 is 0. The smallest absolute Gasteiger partial charge is 0.407 e. The maximum Gasteiger partial charge on any atom is 0.407 e. The van der Waals surface area contributed by atoms with Gasteiger partial charge < -0.3 is 25.4 Å². The second-order valence-corrected chi connectivity index (χ2v) is 5.27. The van der Waals surface area contributed by atoms with Crippen molar-refractivity contribution in [2.75, 3.05) is 6.54 Å². The van der Waals surface area contributed by atoms with Crippen LogP contribution in [0.25, 0.3) is 0 Å². The lowest BCUT2D eigenvalue weighted by molar-refractivity contribution is 0.0181. The van der Waals surface area contributed by atoms with Crippen LogP contribution in [0.5, 0.6) is 0 Å². The van der Waals surface area contributed by atoms with Gasteiger partial charge in [-0.05, 0) is 11.6 Å². The topological polar surface area (TPSA) is 129 Å². The first-order valence-corrected chi connectivity index (χ1v) is 7.46. The maximum absolute atomic E-state index is 11.6. The van der Waals surface area contributed by atoms with E-state index >= 15 is 0 Å². The number of nitrogens with zero attached hydrogens (tertiary/aromatic N) is 1. The van der Waals surface area contributed by atoms with Crippen LogP contribution in [0.15, 0.2) is 48.8 Å². The van der Waals surface area contributed by atoms with E-state index in [0.717, 1.165) is 11.8 Å². The number of carboxylic acid groups (broad SMARTS) is 1. The number of hydrogen-bond donors (Lipinski definition) is 4. The summed E-state index contributed by atoms with van der Waals surface area (Å²) in [4.78, 5) is 26.2. The molecule has 0 saturated heterocycles. The van der Waals surface area contributed by atoms with E-state index in [4.69, 9.17) is 9.84 Å². The van der Waals surface area contributed by atoms with Gasteiger partial charge in [0.25, 0.3) is 0 Å². The average molecular weight is 346 g/mol. The first-order valence-electron chi connectivity index (χ1n) is 7.46. The quantitative estimate of drug-likeness (QED) is 0.591. The number of carboxylic acids is 1. The molecule has 0 saturated carbocycles. The molecule has 0 radical (unpaired) electrons. The van der Waals surface area contributed by atoms with Crippen LogP contribution in [0.3, 0.4) is 0 Å². The third-order valence-corrected chi connectivity index (χ3v) is 3.38. The molecule has 0 aliphatic carbocycles. The Balaban J connectivity index is 1.82. The van der Waals surface area contributed by atoms with Crippen LogP contribution < -0.4 is 5.32 Å². The zero-order valence-corrected chi connectivity index (χ0v) is 13.2. The fourth-order valence-electron chi connectivity index (χ4n) is 2.03. The lowest BCUT2D eigenvalue weighted by atomic mass is 10.0. The number of aromatic nitrogens is 1. The molecule has 0 fully saturated rings. The van der Waals surface area contributed by atoms with Gasteiger partial charge in [0, 0.05) is 24.5 Å². The summed E-state index contributed by atoms with van der Waals surface area (Å²) in [5, 5.41) is 31.2. The van der Waals surface area contributed by atoms with Crippen LogP contribution in [0.2, 0.25) is 0 Å². The Hall–Kier alpha value is -2.97. The van der Waals surface area contributed by atoms with E-state index < -0.39 is 24.3 Å². The van der Waals surface area contributed by atoms with E-state index in [9.17, 15) is 19.8 Å². The van der Waals surface area contributed by atoms with Gasteiger partial charge in [0.2, 0.25) is 0 Å². The molecule has 2 atom stereocenters. The minimum atomic E-state index is -1.40. The minimum absolute atomic E-state index is 0.0793. The third kappa shape index (κ3) is 5.55. The second-order valence-electron chi connectivity index (χ2n) is 5.27. The molecule has 2 unspecified atom stereocenters. The van der Waals surface area contributed by atoms with Gasteiger partial charge in [-0.25, -0.2) is 9.59 Å². The second kappa shape index (κ2) is 8.76. The van der Waals surface area contributed by atoms with Crippen LogP contribution >= 0.6 is 0 Å². The van der Waals surface area contributed by atoms with Crippen LogP contribution in [-0.2, 0) is 11.3 Å². The number of rotatable bonds is 7. The highest BCUT2D eigenvalue weighted by Gasteiger charge is 2.21. The molecule has 4 N–H and O–H groups in total. The molecular formula is C17H18N2O6. The average Bonchev–Trinajstić information content (AvgIpc) is 2.64. The molecule has 2 rings (SSSR count). The van der Waals surface area contributed by atoms with Crippen LogP contribution in [0.4, 0.5) is 4.79 Å². The number of aliphatic hydroxyl groups excluding tert-OH is 2. The van der Waals surface area contributed by atoms with E-state index in [1.807, 2.05) is 18.2 Å². The molecule has 1 amide bonds. The van der Waals surface area contributed by atoms with Crippen molar-refractivity contribution in [3.8, 4) is 0 Å². The molecule has 2 aromatic rings. The van der Waals surface area contributed by atoms with Gasteiger partial charge in [-0.1, -0.05) is 30.3 Å². The van der Waals surface area contributed by atoms with Crippen molar-refractivity contribution in [3.05, 3.63) is 65.5 Å². The van der Waals surface area contributed by atoms with Gasteiger partial charge in [0.15, 0.2) is 0 Å². The van der Waals surface area contributed by atoms with E-state index in [2.05, 4.69) is 10.3 Å². The third-order valence-electron chi connectivity index (χ3n) is 3.38. The number of ether oxygens (including phenoxy) is 1. The largest absolute Gasteiger partial charge is 0.478 e. The Labute approximate surface area is 143 Å². The van der Waals surface area contributed by atoms with Gasteiger partial charge in [0.1, 0.15) is 18.8 Å². The normalized spacial score (nSPS) is 12.9. The molecule has 0 bridgehead atoms. The molecule has 8 heteroatoms. The van der Waals surface area contributed by atoms with Crippen molar-refractivity contribution in [1.29, 1.82) is 0 Å². The predicted octanol–water partition coefficient (Wildman–Crippen LogP) is 1.10. The summed E-state index contributed by atoms with van der Waals surface area (Å²) in [6.45, 7) is -0.192. The van der Waals surface area contributed by atoms with Gasteiger partial charge in [0.05, 0.1) is 5.56 Å². The maximum atomic E-state index is 11.6. The highest BCUT2D eigenvalue weighted by atomic mass is 16.5. The molecule has 1 aromatic heterocycles. The van der Waals surface area contributed by atoms with Gasteiger partial charge in [-0.15, -0.1) is 0 Å². The number of nitrogens with one attached hydrogen (secondary N) is 1. The Kier molecular flexibility index (Phi) is 6.44.